The molecular formula is C17H36FN3O6P2. The molecule has 1 aliphatic rings. The molecule has 0 aromatic heterocycles. The number of nitrogens with one attached hydrogen (secondary N) is 2. The number of nitrogens with two attached hydrogens (primary N) is 1. The second-order valence-electron chi connectivity index (χ2n) is 8.70. The molecule has 3 unspecified atom stereocenters. The van der Waals surface area contributed by atoms with Crippen LogP contribution in [0.15, 0.2) is 0 Å². The molecule has 0 saturated carbocycles. The molecular weight excluding hydrogens is 423 g/mol. The third kappa shape index (κ3) is 5.67. The fourth-order valence-corrected chi connectivity index (χ4v) is 9.21. The molecule has 0 radical (unpaired) electrons. The normalized spacial score (nSPS) is 33.4. The number of hydrogen-bond acceptors (Lipinski definition) is 6. The summed E-state index contributed by atoms with van der Waals surface area (Å²) in [6, 6.07) is -1.04. The van der Waals surface area contributed by atoms with Gasteiger partial charge in [0.1, 0.15) is 23.3 Å². The summed E-state index contributed by atoms with van der Waals surface area (Å²) in [6.07, 6.45) is 0.613. The summed E-state index contributed by atoms with van der Waals surface area (Å²) in [4.78, 5) is 9.58. The summed E-state index contributed by atoms with van der Waals surface area (Å²) in [5.74, 6) is -1.11. The highest BCUT2D eigenvalue weighted by molar-refractivity contribution is 7.77. The van der Waals surface area contributed by atoms with Crippen molar-refractivity contribution in [3.05, 3.63) is 0 Å². The van der Waals surface area contributed by atoms with Gasteiger partial charge in [0, 0.05) is 0 Å². The molecule has 3 atom stereocenters. The average Bonchev–Trinajstić information content (AvgIpc) is 2.58. The first kappa shape index (κ1) is 26.7. The van der Waals surface area contributed by atoms with Crippen LogP contribution < -0.4 is 15.9 Å². The molecule has 172 valence electrons. The Hall–Kier alpha value is -0.340. The first-order valence-electron chi connectivity index (χ1n) is 9.76. The number of hydrogen-bond donors (Lipinski definition) is 4. The number of carboxylic acids is 1. The van der Waals surface area contributed by atoms with Gasteiger partial charge in [0.25, 0.3) is 15.0 Å². The Morgan fingerprint density at radius 1 is 1.17 bits per heavy atom. The zero-order valence-electron chi connectivity index (χ0n) is 18.2. The molecule has 0 aliphatic carbocycles. The SMILES string of the molecule is CCOP1(=O)NC(CF)(CC(C)(C)CCC(N)C(=O)O)NP(=O)(OCC)C1(C)C. The summed E-state index contributed by atoms with van der Waals surface area (Å²) in [7, 11) is -7.61. The zero-order valence-corrected chi connectivity index (χ0v) is 19.9. The maximum Gasteiger partial charge on any atom is 0.320 e. The maximum atomic E-state index is 14.4. The van der Waals surface area contributed by atoms with Crippen molar-refractivity contribution >= 4 is 21.0 Å². The predicted octanol–water partition coefficient (Wildman–Crippen LogP) is 3.65. The summed E-state index contributed by atoms with van der Waals surface area (Å²) in [5.41, 5.74) is 3.35. The lowest BCUT2D eigenvalue weighted by Crippen LogP contribution is -2.64. The third-order valence-corrected chi connectivity index (χ3v) is 12.4. The van der Waals surface area contributed by atoms with Crippen molar-refractivity contribution in [3.63, 3.8) is 0 Å². The van der Waals surface area contributed by atoms with E-state index in [0.717, 1.165) is 0 Å². The van der Waals surface area contributed by atoms with E-state index in [1.165, 1.54) is 13.8 Å². The third-order valence-electron chi connectivity index (χ3n) is 5.24. The first-order valence-corrected chi connectivity index (χ1v) is 13.0. The minimum Gasteiger partial charge on any atom is -0.480 e. The van der Waals surface area contributed by atoms with Crippen LogP contribution in [0.3, 0.4) is 0 Å². The van der Waals surface area contributed by atoms with Gasteiger partial charge in [0.15, 0.2) is 0 Å². The Labute approximate surface area is 172 Å². The zero-order chi connectivity index (χ0) is 22.7. The lowest BCUT2D eigenvalue weighted by molar-refractivity contribution is -0.138. The second-order valence-corrected chi connectivity index (χ2v) is 14.5. The topological polar surface area (TPSA) is 140 Å². The van der Waals surface area contributed by atoms with Crippen LogP contribution >= 0.6 is 15.0 Å². The van der Waals surface area contributed by atoms with Crippen molar-refractivity contribution in [2.24, 2.45) is 11.1 Å². The van der Waals surface area contributed by atoms with E-state index < -0.39 is 49.7 Å². The van der Waals surface area contributed by atoms with E-state index >= 15 is 0 Å². The predicted molar refractivity (Wildman–Crippen MR) is 111 cm³/mol. The van der Waals surface area contributed by atoms with Crippen LogP contribution in [0.1, 0.15) is 60.8 Å². The van der Waals surface area contributed by atoms with E-state index in [2.05, 4.69) is 10.2 Å². The summed E-state index contributed by atoms with van der Waals surface area (Å²) < 4.78 is 52.9. The van der Waals surface area contributed by atoms with Crippen LogP contribution in [0.4, 0.5) is 4.39 Å². The van der Waals surface area contributed by atoms with Gasteiger partial charge in [-0.2, -0.15) is 0 Å². The van der Waals surface area contributed by atoms with Gasteiger partial charge in [-0.1, -0.05) is 13.8 Å². The summed E-state index contributed by atoms with van der Waals surface area (Å²) >= 11 is 0. The minimum absolute atomic E-state index is 0.0625. The Morgan fingerprint density at radius 3 is 1.97 bits per heavy atom. The van der Waals surface area contributed by atoms with Gasteiger partial charge >= 0.3 is 5.97 Å². The lowest BCUT2D eigenvalue weighted by Gasteiger charge is -2.53. The summed E-state index contributed by atoms with van der Waals surface area (Å²) in [6.45, 7) is 9.11. The standard InChI is InChI=1S/C17H36FN3O6P2/c1-7-26-28(24)16(5,6)29(25,27-8-2)21-17(12-18,20-28)11-15(3,4)10-9-13(19)14(22)23/h13H,7-12,19H2,1-6H3,(H,20,24)(H,21,25)(H,22,23). The molecule has 1 heterocycles. The van der Waals surface area contributed by atoms with E-state index in [-0.39, 0.29) is 26.1 Å². The van der Waals surface area contributed by atoms with Crippen molar-refractivity contribution in [2.75, 3.05) is 19.9 Å². The second kappa shape index (κ2) is 9.43. The Balaban J connectivity index is 3.29. The highest BCUT2D eigenvalue weighted by Crippen LogP contribution is 2.77. The average molecular weight is 459 g/mol. The molecule has 1 saturated heterocycles. The molecule has 12 heteroatoms. The van der Waals surface area contributed by atoms with E-state index in [4.69, 9.17) is 19.9 Å². The van der Waals surface area contributed by atoms with Crippen LogP contribution in [0.2, 0.25) is 0 Å². The van der Waals surface area contributed by atoms with Crippen LogP contribution in [0, 0.1) is 5.41 Å². The van der Waals surface area contributed by atoms with E-state index in [0.29, 0.717) is 6.42 Å². The number of halogens is 1. The van der Waals surface area contributed by atoms with Gasteiger partial charge in [-0.3, -0.25) is 13.9 Å². The van der Waals surface area contributed by atoms with Crippen LogP contribution in [0.5, 0.6) is 0 Å². The van der Waals surface area contributed by atoms with Crippen LogP contribution in [0.25, 0.3) is 0 Å². The highest BCUT2D eigenvalue weighted by Gasteiger charge is 2.65. The molecule has 0 bridgehead atoms. The highest BCUT2D eigenvalue weighted by atomic mass is 31.2. The first-order chi connectivity index (χ1) is 13.1. The van der Waals surface area contributed by atoms with Crippen molar-refractivity contribution < 1.29 is 32.5 Å². The largest absolute Gasteiger partial charge is 0.480 e. The van der Waals surface area contributed by atoms with Gasteiger partial charge in [0.2, 0.25) is 0 Å². The van der Waals surface area contributed by atoms with Gasteiger partial charge in [0.05, 0.1) is 13.2 Å². The van der Waals surface area contributed by atoms with Crippen LogP contribution in [-0.2, 0) is 23.0 Å². The van der Waals surface area contributed by atoms with Crippen molar-refractivity contribution in [3.8, 4) is 0 Å². The monoisotopic (exact) mass is 459 g/mol. The molecule has 29 heavy (non-hydrogen) atoms. The number of carboxylic acid groups (broad SMARTS) is 1. The smallest absolute Gasteiger partial charge is 0.320 e. The Morgan fingerprint density at radius 2 is 1.62 bits per heavy atom. The van der Waals surface area contributed by atoms with Gasteiger partial charge < -0.3 is 19.9 Å². The molecule has 1 fully saturated rings. The number of alkyl halides is 1. The Bertz CT molecular complexity index is 656. The summed E-state index contributed by atoms with van der Waals surface area (Å²) in [5, 5.41) is 14.6. The molecule has 0 aromatic rings. The molecule has 1 aliphatic heterocycles. The van der Waals surface area contributed by atoms with Gasteiger partial charge in [-0.25, -0.2) is 14.6 Å². The van der Waals surface area contributed by atoms with Crippen molar-refractivity contribution in [1.29, 1.82) is 0 Å². The minimum atomic E-state index is -3.80. The van der Waals surface area contributed by atoms with Crippen molar-refractivity contribution in [2.45, 2.75) is 77.4 Å². The molecule has 0 spiro atoms. The quantitative estimate of drug-likeness (QED) is 0.341. The van der Waals surface area contributed by atoms with Crippen LogP contribution in [-0.4, -0.2) is 47.6 Å². The lowest BCUT2D eigenvalue weighted by atomic mass is 9.79. The molecule has 1 rings (SSSR count). The fraction of sp³-hybridized carbons (Fsp3) is 0.941. The Kier molecular flexibility index (Phi) is 8.68. The molecule has 0 aromatic carbocycles. The maximum absolute atomic E-state index is 14.4. The molecule has 9 nitrogen and oxygen atoms in total. The van der Waals surface area contributed by atoms with E-state index in [1.54, 1.807) is 13.8 Å². The van der Waals surface area contributed by atoms with Gasteiger partial charge in [-0.05, 0) is 52.4 Å². The van der Waals surface area contributed by atoms with E-state index in [9.17, 15) is 18.3 Å². The molecule has 0 amide bonds. The van der Waals surface area contributed by atoms with Gasteiger partial charge in [-0.15, -0.1) is 0 Å². The number of rotatable bonds is 11. The van der Waals surface area contributed by atoms with E-state index in [1.807, 2.05) is 13.8 Å². The number of aliphatic carboxylic acids is 1. The number of carbonyl (C=O) groups is 1. The molecule has 5 N–H and O–H groups in total. The van der Waals surface area contributed by atoms with Crippen molar-refractivity contribution in [1.82, 2.24) is 10.2 Å². The fourth-order valence-electron chi connectivity index (χ4n) is 3.54.